The summed E-state index contributed by atoms with van der Waals surface area (Å²) in [6.07, 6.45) is 23.5. The van der Waals surface area contributed by atoms with Crippen LogP contribution >= 0.6 is 13.5 Å². The highest BCUT2D eigenvalue weighted by atomic mass is 32.1. The van der Waals surface area contributed by atoms with E-state index < -0.39 is 0 Å². The van der Waals surface area contributed by atoms with Crippen molar-refractivity contribution in [1.82, 2.24) is 58.6 Å². The lowest BCUT2D eigenvalue weighted by molar-refractivity contribution is -0.0389. The predicted octanol–water partition coefficient (Wildman–Crippen LogP) is 4.06. The van der Waals surface area contributed by atoms with E-state index in [1.54, 1.807) is 12.4 Å². The Morgan fingerprint density at radius 1 is 0.469 bits per heavy atom. The zero-order valence-electron chi connectivity index (χ0n) is 36.3. The minimum atomic E-state index is 0. The Morgan fingerprint density at radius 3 is 1.12 bits per heavy atom. The number of benzene rings is 2. The third kappa shape index (κ3) is 18.4. The third-order valence-electron chi connectivity index (χ3n) is 10.8. The molecule has 8 heterocycles. The first-order valence-electron chi connectivity index (χ1n) is 21.9. The van der Waals surface area contributed by atoms with Crippen molar-refractivity contribution in [2.24, 2.45) is 0 Å². The van der Waals surface area contributed by atoms with Crippen LogP contribution < -0.4 is 10.6 Å². The second kappa shape index (κ2) is 29.0. The van der Waals surface area contributed by atoms with E-state index in [0.717, 1.165) is 118 Å². The Morgan fingerprint density at radius 2 is 0.812 bits per heavy atom. The van der Waals surface area contributed by atoms with Crippen LogP contribution in [0.2, 0.25) is 0 Å². The highest BCUT2D eigenvalue weighted by Crippen LogP contribution is 2.13. The number of aromatic nitrogens is 8. The second-order valence-corrected chi connectivity index (χ2v) is 15.9. The number of nitrogens with one attached hydrogen (secondary N) is 2. The molecule has 348 valence electrons. The summed E-state index contributed by atoms with van der Waals surface area (Å²) in [4.78, 5) is 21.0. The Balaban J connectivity index is 0.000000162. The molecule has 4 saturated heterocycles. The first-order valence-corrected chi connectivity index (χ1v) is 21.9. The molecule has 4 aromatic heterocycles. The highest BCUT2D eigenvalue weighted by Gasteiger charge is 2.22. The summed E-state index contributed by atoms with van der Waals surface area (Å²) < 4.78 is 31.0. The van der Waals surface area contributed by atoms with Crippen LogP contribution in [0.25, 0.3) is 0 Å². The topological polar surface area (TPSA) is 139 Å². The molecule has 0 bridgehead atoms. The maximum Gasteiger partial charge on any atom is 0.0946 e. The van der Waals surface area contributed by atoms with Crippen LogP contribution in [0, 0.1) is 0 Å². The summed E-state index contributed by atoms with van der Waals surface area (Å²) in [6, 6.07) is 21.2. The maximum absolute atomic E-state index is 5.83. The largest absolute Gasteiger partial charge is 0.374 e. The van der Waals surface area contributed by atoms with Gasteiger partial charge in [0.1, 0.15) is 0 Å². The van der Waals surface area contributed by atoms with Gasteiger partial charge in [-0.15, -0.1) is 0 Å². The van der Waals surface area contributed by atoms with Crippen molar-refractivity contribution in [2.45, 2.75) is 71.1 Å². The summed E-state index contributed by atoms with van der Waals surface area (Å²) in [6.45, 7) is 16.6. The molecule has 4 fully saturated rings. The minimum Gasteiger partial charge on any atom is -0.374 e. The van der Waals surface area contributed by atoms with Gasteiger partial charge in [-0.2, -0.15) is 13.5 Å². The Bertz CT molecular complexity index is 1820. The van der Waals surface area contributed by atoms with Crippen LogP contribution in [0.4, 0.5) is 0 Å². The lowest BCUT2D eigenvalue weighted by Gasteiger charge is -2.33. The smallest absolute Gasteiger partial charge is 0.0946 e. The van der Waals surface area contributed by atoms with E-state index in [2.05, 4.69) is 110 Å². The van der Waals surface area contributed by atoms with Crippen LogP contribution in [0.3, 0.4) is 0 Å². The molecular formula is C47H70N12O4S. The van der Waals surface area contributed by atoms with E-state index in [4.69, 9.17) is 18.9 Å². The van der Waals surface area contributed by atoms with Gasteiger partial charge in [0.25, 0.3) is 0 Å². The average molecular weight is 899 g/mol. The standard InChI is InChI=1S/2C15H19N3O.2C8H13N3O.CH4.H2S/c2*1-2-4-14(5-3-1)10-17-8-9-19-15(11-17)12-18-7-6-16-13-18;2*1-3-11(7-10-1)6-8-5-9-2-4-12-8;;/h2*1-7,13,15H,8-12H2;2*1,3,7-9H,2,4-6H2;1H4;1H2/t2*15-;2*8-;;/m1010../s1. The average Bonchev–Trinajstić information content (AvgIpc) is 4.18. The van der Waals surface area contributed by atoms with Crippen LogP contribution in [0.5, 0.6) is 0 Å². The fraction of sp³-hybridized carbons (Fsp3) is 0.489. The second-order valence-electron chi connectivity index (χ2n) is 15.9. The zero-order valence-corrected chi connectivity index (χ0v) is 37.3. The SMILES string of the molecule is C.S.c1ccc(CN2CCO[C@@H](Cn3ccnc3)C2)cc1.c1ccc(CN2CCO[C@H](Cn3ccnc3)C2)cc1.c1cn(C[C@@H]2CNCCO2)cn1.c1cn(C[C@H]2CNCCO2)cn1. The maximum atomic E-state index is 5.83. The molecule has 4 atom stereocenters. The van der Waals surface area contributed by atoms with Gasteiger partial charge < -0.3 is 47.8 Å². The van der Waals surface area contributed by atoms with Crippen LogP contribution in [-0.2, 0) is 58.2 Å². The van der Waals surface area contributed by atoms with Crippen molar-refractivity contribution < 1.29 is 18.9 Å². The first-order chi connectivity index (χ1) is 30.7. The number of hydrogen-bond acceptors (Lipinski definition) is 12. The summed E-state index contributed by atoms with van der Waals surface area (Å²) >= 11 is 0. The molecule has 6 aromatic rings. The fourth-order valence-electron chi connectivity index (χ4n) is 7.75. The molecule has 64 heavy (non-hydrogen) atoms. The molecule has 0 radical (unpaired) electrons. The van der Waals surface area contributed by atoms with Gasteiger partial charge in [0, 0.05) is 115 Å². The van der Waals surface area contributed by atoms with Crippen molar-refractivity contribution >= 4 is 13.5 Å². The Hall–Kier alpha value is -4.69. The molecular weight excluding hydrogens is 829 g/mol. The molecule has 0 aliphatic carbocycles. The van der Waals surface area contributed by atoms with Crippen LogP contribution in [0.1, 0.15) is 18.6 Å². The van der Waals surface area contributed by atoms with Gasteiger partial charge in [0.15, 0.2) is 0 Å². The van der Waals surface area contributed by atoms with E-state index in [1.807, 2.05) is 71.6 Å². The number of ether oxygens (including phenoxy) is 4. The van der Waals surface area contributed by atoms with Crippen LogP contribution in [0.15, 0.2) is 136 Å². The van der Waals surface area contributed by atoms with Gasteiger partial charge in [-0.3, -0.25) is 9.80 Å². The van der Waals surface area contributed by atoms with Gasteiger partial charge in [0.2, 0.25) is 0 Å². The lowest BCUT2D eigenvalue weighted by Crippen LogP contribution is -2.43. The number of hydrogen-bond donors (Lipinski definition) is 2. The number of morpholine rings is 4. The van der Waals surface area contributed by atoms with Crippen molar-refractivity contribution in [1.29, 1.82) is 0 Å². The molecule has 0 amide bonds. The molecule has 4 aliphatic heterocycles. The van der Waals surface area contributed by atoms with Gasteiger partial charge in [-0.1, -0.05) is 68.1 Å². The van der Waals surface area contributed by atoms with Gasteiger partial charge in [-0.25, -0.2) is 19.9 Å². The molecule has 2 N–H and O–H groups in total. The minimum absolute atomic E-state index is 0. The normalized spacial score (nSPS) is 21.2. The van der Waals surface area contributed by atoms with Gasteiger partial charge in [-0.05, 0) is 11.1 Å². The van der Waals surface area contributed by atoms with E-state index in [-0.39, 0.29) is 33.1 Å². The molecule has 10 rings (SSSR count). The molecule has 17 heteroatoms. The number of imidazole rings is 4. The van der Waals surface area contributed by atoms with Gasteiger partial charge in [0.05, 0.1) is 102 Å². The predicted molar refractivity (Wildman–Crippen MR) is 254 cm³/mol. The highest BCUT2D eigenvalue weighted by molar-refractivity contribution is 7.59. The summed E-state index contributed by atoms with van der Waals surface area (Å²) in [5, 5.41) is 6.58. The molecule has 16 nitrogen and oxygen atoms in total. The van der Waals surface area contributed by atoms with E-state index in [1.165, 1.54) is 11.1 Å². The van der Waals surface area contributed by atoms with Crippen molar-refractivity contribution in [3.05, 3.63) is 147 Å². The van der Waals surface area contributed by atoms with Crippen LogP contribution in [-0.4, -0.2) is 151 Å². The molecule has 2 aromatic carbocycles. The van der Waals surface area contributed by atoms with E-state index in [0.29, 0.717) is 12.2 Å². The quantitative estimate of drug-likeness (QED) is 0.183. The van der Waals surface area contributed by atoms with E-state index in [9.17, 15) is 0 Å². The number of nitrogens with zero attached hydrogens (tertiary/aromatic N) is 10. The molecule has 0 spiro atoms. The van der Waals surface area contributed by atoms with Gasteiger partial charge >= 0.3 is 0 Å². The van der Waals surface area contributed by atoms with Crippen molar-refractivity contribution in [2.75, 3.05) is 78.8 Å². The Kier molecular flexibility index (Phi) is 22.8. The van der Waals surface area contributed by atoms with Crippen molar-refractivity contribution in [3.8, 4) is 0 Å². The van der Waals surface area contributed by atoms with Crippen molar-refractivity contribution in [3.63, 3.8) is 0 Å². The lowest BCUT2D eigenvalue weighted by atomic mass is 10.2. The monoisotopic (exact) mass is 899 g/mol. The Labute approximate surface area is 386 Å². The zero-order chi connectivity index (χ0) is 42.3. The molecule has 0 unspecified atom stereocenters. The molecule has 4 aliphatic rings. The summed E-state index contributed by atoms with van der Waals surface area (Å²) in [5.74, 6) is 0. The number of rotatable bonds is 12. The third-order valence-corrected chi connectivity index (χ3v) is 10.8. The molecule has 0 saturated carbocycles. The summed E-state index contributed by atoms with van der Waals surface area (Å²) in [7, 11) is 0. The first kappa shape index (κ1) is 50.3. The fourth-order valence-corrected chi connectivity index (χ4v) is 7.75. The van der Waals surface area contributed by atoms with E-state index >= 15 is 0 Å². The summed E-state index contributed by atoms with van der Waals surface area (Å²) in [5.41, 5.74) is 2.73.